The van der Waals surface area contributed by atoms with Crippen LogP contribution in [-0.2, 0) is 0 Å². The average molecular weight is 287 g/mol. The predicted molar refractivity (Wildman–Crippen MR) is 74.5 cm³/mol. The van der Waals surface area contributed by atoms with Crippen LogP contribution < -0.4 is 9.47 Å². The second-order valence-corrected chi connectivity index (χ2v) is 4.72. The van der Waals surface area contributed by atoms with E-state index in [1.165, 1.54) is 13.2 Å². The van der Waals surface area contributed by atoms with E-state index >= 15 is 0 Å². The minimum atomic E-state index is -1.08. The van der Waals surface area contributed by atoms with Gasteiger partial charge in [0.2, 0.25) is 0 Å². The molecule has 0 atom stereocenters. The number of rotatable bonds is 7. The zero-order chi connectivity index (χ0) is 14.4. The molecular weight excluding hydrogens is 268 g/mol. The third-order valence-electron chi connectivity index (χ3n) is 3.09. The maximum absolute atomic E-state index is 11.2. The van der Waals surface area contributed by atoms with Crippen molar-refractivity contribution in [1.82, 2.24) is 0 Å². The summed E-state index contributed by atoms with van der Waals surface area (Å²) in [7, 11) is 1.46. The summed E-state index contributed by atoms with van der Waals surface area (Å²) in [6.45, 7) is 4.62. The minimum absolute atomic E-state index is 0.0234. The molecule has 0 bridgehead atoms. The van der Waals surface area contributed by atoms with Crippen LogP contribution in [0.4, 0.5) is 0 Å². The van der Waals surface area contributed by atoms with E-state index in [2.05, 4.69) is 13.8 Å². The first-order chi connectivity index (χ1) is 9.03. The van der Waals surface area contributed by atoms with Crippen LogP contribution in [0.5, 0.6) is 11.5 Å². The molecule has 0 unspecified atom stereocenters. The van der Waals surface area contributed by atoms with Crippen LogP contribution in [0.15, 0.2) is 12.1 Å². The lowest BCUT2D eigenvalue weighted by atomic mass is 10.1. The Morgan fingerprint density at radius 1 is 1.37 bits per heavy atom. The Morgan fingerprint density at radius 3 is 2.47 bits per heavy atom. The number of methoxy groups -OCH3 is 1. The molecule has 1 N–H and O–H groups in total. The Morgan fingerprint density at radius 2 is 2.00 bits per heavy atom. The third-order valence-corrected chi connectivity index (χ3v) is 3.31. The van der Waals surface area contributed by atoms with E-state index in [1.54, 1.807) is 6.07 Å². The van der Waals surface area contributed by atoms with Gasteiger partial charge in [0.05, 0.1) is 13.7 Å². The summed E-state index contributed by atoms with van der Waals surface area (Å²) in [4.78, 5) is 11.2. The molecule has 4 nitrogen and oxygen atoms in total. The van der Waals surface area contributed by atoms with Crippen molar-refractivity contribution in [3.8, 4) is 11.5 Å². The number of hydrogen-bond acceptors (Lipinski definition) is 3. The summed E-state index contributed by atoms with van der Waals surface area (Å²) in [6.07, 6.45) is 1.96. The van der Waals surface area contributed by atoms with Crippen molar-refractivity contribution in [2.24, 2.45) is 5.92 Å². The lowest BCUT2D eigenvalue weighted by molar-refractivity contribution is 0.0690. The molecule has 0 spiro atoms. The fourth-order valence-electron chi connectivity index (χ4n) is 1.75. The van der Waals surface area contributed by atoms with Crippen LogP contribution in [0.25, 0.3) is 0 Å². The van der Waals surface area contributed by atoms with E-state index in [0.717, 1.165) is 12.8 Å². The van der Waals surface area contributed by atoms with Gasteiger partial charge in [-0.2, -0.15) is 0 Å². The fraction of sp³-hybridized carbons (Fsp3) is 0.500. The number of carboxylic acids is 1. The van der Waals surface area contributed by atoms with Gasteiger partial charge in [-0.1, -0.05) is 38.3 Å². The molecule has 0 aliphatic rings. The van der Waals surface area contributed by atoms with Gasteiger partial charge < -0.3 is 14.6 Å². The lowest BCUT2D eigenvalue weighted by Gasteiger charge is -2.17. The van der Waals surface area contributed by atoms with Crippen LogP contribution in [0, 0.1) is 5.92 Å². The van der Waals surface area contributed by atoms with Gasteiger partial charge in [0.1, 0.15) is 5.56 Å². The number of aromatic carboxylic acids is 1. The SMILES string of the molecule is CCC(CC)COc1c(OC)cc(Cl)cc1C(=O)O. The molecule has 1 aromatic rings. The molecule has 0 saturated heterocycles. The van der Waals surface area contributed by atoms with Crippen molar-refractivity contribution < 1.29 is 19.4 Å². The van der Waals surface area contributed by atoms with Gasteiger partial charge in [0, 0.05) is 11.1 Å². The molecule has 1 rings (SSSR count). The molecule has 0 saturated carbocycles. The summed E-state index contributed by atoms with van der Waals surface area (Å²) in [5.74, 6) is -0.107. The molecule has 0 aliphatic carbocycles. The molecule has 0 fully saturated rings. The highest BCUT2D eigenvalue weighted by Gasteiger charge is 2.19. The van der Waals surface area contributed by atoms with Crippen molar-refractivity contribution in [3.05, 3.63) is 22.7 Å². The van der Waals surface area contributed by atoms with Crippen molar-refractivity contribution in [2.75, 3.05) is 13.7 Å². The van der Waals surface area contributed by atoms with E-state index in [4.69, 9.17) is 21.1 Å². The largest absolute Gasteiger partial charge is 0.493 e. The Bertz CT molecular complexity index is 441. The first-order valence-electron chi connectivity index (χ1n) is 6.27. The highest BCUT2D eigenvalue weighted by molar-refractivity contribution is 6.31. The zero-order valence-electron chi connectivity index (χ0n) is 11.4. The van der Waals surface area contributed by atoms with Crippen molar-refractivity contribution in [3.63, 3.8) is 0 Å². The Kier molecular flexibility index (Phi) is 5.96. The second-order valence-electron chi connectivity index (χ2n) is 4.28. The van der Waals surface area contributed by atoms with Crippen LogP contribution in [0.2, 0.25) is 5.02 Å². The number of ether oxygens (including phenoxy) is 2. The van der Waals surface area contributed by atoms with Crippen molar-refractivity contribution in [1.29, 1.82) is 0 Å². The quantitative estimate of drug-likeness (QED) is 0.827. The van der Waals surface area contributed by atoms with Crippen LogP contribution in [-0.4, -0.2) is 24.8 Å². The summed E-state index contributed by atoms with van der Waals surface area (Å²) >= 11 is 5.86. The maximum atomic E-state index is 11.2. The molecule has 1 aromatic carbocycles. The number of carbonyl (C=O) groups is 1. The second kappa shape index (κ2) is 7.24. The van der Waals surface area contributed by atoms with E-state index in [0.29, 0.717) is 23.3 Å². The Labute approximate surface area is 118 Å². The van der Waals surface area contributed by atoms with Gasteiger partial charge >= 0.3 is 5.97 Å². The highest BCUT2D eigenvalue weighted by atomic mass is 35.5. The third kappa shape index (κ3) is 4.03. The normalized spacial score (nSPS) is 10.6. The Balaban J connectivity index is 3.05. The van der Waals surface area contributed by atoms with Gasteiger partial charge in [-0.25, -0.2) is 4.79 Å². The standard InChI is InChI=1S/C14H19ClO4/c1-4-9(5-2)8-19-13-11(14(16)17)6-10(15)7-12(13)18-3/h6-7,9H,4-5,8H2,1-3H3,(H,16,17). The molecular formula is C14H19ClO4. The number of benzene rings is 1. The molecule has 19 heavy (non-hydrogen) atoms. The average Bonchev–Trinajstić information content (AvgIpc) is 2.40. The summed E-state index contributed by atoms with van der Waals surface area (Å²) in [6, 6.07) is 2.92. The monoisotopic (exact) mass is 286 g/mol. The first kappa shape index (κ1) is 15.6. The molecule has 0 heterocycles. The molecule has 0 radical (unpaired) electrons. The van der Waals surface area contributed by atoms with Gasteiger partial charge in [-0.3, -0.25) is 0 Å². The summed E-state index contributed by atoms with van der Waals surface area (Å²) in [5, 5.41) is 9.50. The maximum Gasteiger partial charge on any atom is 0.339 e. The van der Waals surface area contributed by atoms with E-state index in [-0.39, 0.29) is 11.3 Å². The van der Waals surface area contributed by atoms with Gasteiger partial charge in [0.25, 0.3) is 0 Å². The summed E-state index contributed by atoms with van der Waals surface area (Å²) in [5.41, 5.74) is 0.0234. The van der Waals surface area contributed by atoms with E-state index in [1.807, 2.05) is 0 Å². The van der Waals surface area contributed by atoms with Gasteiger partial charge in [-0.15, -0.1) is 0 Å². The van der Waals surface area contributed by atoms with E-state index in [9.17, 15) is 9.90 Å². The summed E-state index contributed by atoms with van der Waals surface area (Å²) < 4.78 is 10.8. The topological polar surface area (TPSA) is 55.8 Å². The lowest BCUT2D eigenvalue weighted by Crippen LogP contribution is -2.13. The number of halogens is 1. The highest BCUT2D eigenvalue weighted by Crippen LogP contribution is 2.35. The van der Waals surface area contributed by atoms with Crippen molar-refractivity contribution in [2.45, 2.75) is 26.7 Å². The van der Waals surface area contributed by atoms with E-state index < -0.39 is 5.97 Å². The Hall–Kier alpha value is -1.42. The van der Waals surface area contributed by atoms with Crippen LogP contribution in [0.1, 0.15) is 37.0 Å². The van der Waals surface area contributed by atoms with Crippen molar-refractivity contribution >= 4 is 17.6 Å². The predicted octanol–water partition coefficient (Wildman–Crippen LogP) is 3.86. The van der Waals surface area contributed by atoms with Crippen LogP contribution in [0.3, 0.4) is 0 Å². The molecule has 106 valence electrons. The number of carboxylic acid groups (broad SMARTS) is 1. The molecule has 0 aliphatic heterocycles. The van der Waals surface area contributed by atoms with Gasteiger partial charge in [-0.05, 0) is 12.0 Å². The zero-order valence-corrected chi connectivity index (χ0v) is 12.2. The molecule has 5 heteroatoms. The fourth-order valence-corrected chi connectivity index (χ4v) is 1.96. The molecule has 0 amide bonds. The molecule has 0 aromatic heterocycles. The minimum Gasteiger partial charge on any atom is -0.493 e. The number of hydrogen-bond donors (Lipinski definition) is 1. The smallest absolute Gasteiger partial charge is 0.339 e. The van der Waals surface area contributed by atoms with Gasteiger partial charge in [0.15, 0.2) is 11.5 Å². The van der Waals surface area contributed by atoms with Crippen LogP contribution >= 0.6 is 11.6 Å². The first-order valence-corrected chi connectivity index (χ1v) is 6.64.